The first-order valence-corrected chi connectivity index (χ1v) is 7.43. The molecule has 0 aliphatic rings. The second kappa shape index (κ2) is 6.54. The molecule has 0 spiro atoms. The summed E-state index contributed by atoms with van der Waals surface area (Å²) < 4.78 is 11.5. The molecule has 2 aromatic rings. The Morgan fingerprint density at radius 1 is 1.24 bits per heavy atom. The SMILES string of the molecule is Cc1cc(COc2ccccc2Cl)oc1CNC(C)(C)C. The fourth-order valence-corrected chi connectivity index (χ4v) is 2.08. The van der Waals surface area contributed by atoms with Crippen LogP contribution in [0.25, 0.3) is 0 Å². The molecule has 0 fully saturated rings. The molecule has 1 heterocycles. The molecule has 0 atom stereocenters. The Hall–Kier alpha value is -1.45. The molecular weight excluding hydrogens is 286 g/mol. The summed E-state index contributed by atoms with van der Waals surface area (Å²) in [4.78, 5) is 0. The maximum atomic E-state index is 6.06. The Morgan fingerprint density at radius 2 is 1.95 bits per heavy atom. The molecular formula is C17H22ClNO2. The van der Waals surface area contributed by atoms with Crippen molar-refractivity contribution in [1.82, 2.24) is 5.32 Å². The highest BCUT2D eigenvalue weighted by atomic mass is 35.5. The first kappa shape index (κ1) is 15.9. The molecule has 0 aliphatic heterocycles. The van der Waals surface area contributed by atoms with Crippen LogP contribution in [0, 0.1) is 6.92 Å². The third-order valence-corrected chi connectivity index (χ3v) is 3.37. The molecule has 2 rings (SSSR count). The van der Waals surface area contributed by atoms with Gasteiger partial charge in [0.1, 0.15) is 23.9 Å². The Balaban J connectivity index is 1.97. The molecule has 4 heteroatoms. The number of furan rings is 1. The van der Waals surface area contributed by atoms with Crippen LogP contribution < -0.4 is 10.1 Å². The average molecular weight is 308 g/mol. The van der Waals surface area contributed by atoms with E-state index in [1.807, 2.05) is 37.3 Å². The van der Waals surface area contributed by atoms with Gasteiger partial charge < -0.3 is 14.5 Å². The number of hydrogen-bond acceptors (Lipinski definition) is 3. The largest absolute Gasteiger partial charge is 0.484 e. The van der Waals surface area contributed by atoms with Gasteiger partial charge in [0.05, 0.1) is 11.6 Å². The molecule has 114 valence electrons. The number of para-hydroxylation sites is 1. The van der Waals surface area contributed by atoms with Gasteiger partial charge in [-0.05, 0) is 51.5 Å². The van der Waals surface area contributed by atoms with Crippen molar-refractivity contribution in [2.45, 2.75) is 46.4 Å². The minimum absolute atomic E-state index is 0.0630. The van der Waals surface area contributed by atoms with Gasteiger partial charge in [-0.15, -0.1) is 0 Å². The minimum atomic E-state index is 0.0630. The molecule has 0 saturated carbocycles. The highest BCUT2D eigenvalue weighted by Gasteiger charge is 2.13. The molecule has 0 unspecified atom stereocenters. The molecule has 1 N–H and O–H groups in total. The summed E-state index contributed by atoms with van der Waals surface area (Å²) in [5.41, 5.74) is 1.19. The zero-order valence-electron chi connectivity index (χ0n) is 13.0. The highest BCUT2D eigenvalue weighted by Crippen LogP contribution is 2.25. The number of nitrogens with one attached hydrogen (secondary N) is 1. The number of aryl methyl sites for hydroxylation is 1. The van der Waals surface area contributed by atoms with E-state index in [0.717, 1.165) is 17.1 Å². The highest BCUT2D eigenvalue weighted by molar-refractivity contribution is 6.32. The van der Waals surface area contributed by atoms with Gasteiger partial charge in [0.2, 0.25) is 0 Å². The molecule has 0 amide bonds. The van der Waals surface area contributed by atoms with E-state index < -0.39 is 0 Å². The lowest BCUT2D eigenvalue weighted by atomic mass is 10.1. The first-order valence-electron chi connectivity index (χ1n) is 7.06. The fraction of sp³-hybridized carbons (Fsp3) is 0.412. The molecule has 0 aliphatic carbocycles. The quantitative estimate of drug-likeness (QED) is 0.868. The normalized spacial score (nSPS) is 11.7. The molecule has 0 bridgehead atoms. The molecule has 0 saturated heterocycles. The lowest BCUT2D eigenvalue weighted by Crippen LogP contribution is -2.35. The van der Waals surface area contributed by atoms with Gasteiger partial charge in [0.25, 0.3) is 0 Å². The van der Waals surface area contributed by atoms with Crippen molar-refractivity contribution in [3.05, 3.63) is 52.4 Å². The van der Waals surface area contributed by atoms with E-state index in [1.165, 1.54) is 0 Å². The summed E-state index contributed by atoms with van der Waals surface area (Å²) in [6.07, 6.45) is 0. The predicted octanol–water partition coefficient (Wildman–Crippen LogP) is 4.71. The van der Waals surface area contributed by atoms with Crippen LogP contribution in [0.4, 0.5) is 0 Å². The topological polar surface area (TPSA) is 34.4 Å². The predicted molar refractivity (Wildman–Crippen MR) is 85.8 cm³/mol. The summed E-state index contributed by atoms with van der Waals surface area (Å²) in [5.74, 6) is 2.42. The number of ether oxygens (including phenoxy) is 1. The van der Waals surface area contributed by atoms with Gasteiger partial charge in [-0.2, -0.15) is 0 Å². The Bertz CT molecular complexity index is 599. The third kappa shape index (κ3) is 4.80. The summed E-state index contributed by atoms with van der Waals surface area (Å²) in [7, 11) is 0. The van der Waals surface area contributed by atoms with E-state index in [9.17, 15) is 0 Å². The van der Waals surface area contributed by atoms with Crippen molar-refractivity contribution in [2.75, 3.05) is 0 Å². The number of benzene rings is 1. The minimum Gasteiger partial charge on any atom is -0.484 e. The van der Waals surface area contributed by atoms with E-state index in [1.54, 1.807) is 0 Å². The van der Waals surface area contributed by atoms with Gasteiger partial charge in [0, 0.05) is 5.54 Å². The van der Waals surface area contributed by atoms with E-state index in [4.69, 9.17) is 20.8 Å². The molecule has 21 heavy (non-hydrogen) atoms. The fourth-order valence-electron chi connectivity index (χ4n) is 1.89. The van der Waals surface area contributed by atoms with Crippen molar-refractivity contribution in [2.24, 2.45) is 0 Å². The smallest absolute Gasteiger partial charge is 0.146 e. The third-order valence-electron chi connectivity index (χ3n) is 3.06. The van der Waals surface area contributed by atoms with Crippen LogP contribution in [0.5, 0.6) is 5.75 Å². The standard InChI is InChI=1S/C17H22ClNO2/c1-12-9-13(21-16(12)10-19-17(2,3)4)11-20-15-8-6-5-7-14(15)18/h5-9,19H,10-11H2,1-4H3. The second-order valence-corrected chi connectivity index (χ2v) is 6.55. The van der Waals surface area contributed by atoms with E-state index in [0.29, 0.717) is 23.9 Å². The molecule has 1 aromatic carbocycles. The molecule has 1 aromatic heterocycles. The van der Waals surface area contributed by atoms with E-state index in [-0.39, 0.29) is 5.54 Å². The summed E-state index contributed by atoms with van der Waals surface area (Å²) in [6.45, 7) is 9.52. The Labute approximate surface area is 131 Å². The molecule has 0 radical (unpaired) electrons. The van der Waals surface area contributed by atoms with Gasteiger partial charge in [-0.3, -0.25) is 0 Å². The number of hydrogen-bond donors (Lipinski definition) is 1. The second-order valence-electron chi connectivity index (χ2n) is 6.14. The van der Waals surface area contributed by atoms with E-state index >= 15 is 0 Å². The monoisotopic (exact) mass is 307 g/mol. The Kier molecular flexibility index (Phi) is 4.96. The van der Waals surface area contributed by atoms with Gasteiger partial charge >= 0.3 is 0 Å². The van der Waals surface area contributed by atoms with Crippen molar-refractivity contribution in [3.63, 3.8) is 0 Å². The Morgan fingerprint density at radius 3 is 2.62 bits per heavy atom. The summed E-state index contributed by atoms with van der Waals surface area (Å²) in [6, 6.07) is 9.44. The average Bonchev–Trinajstić information content (AvgIpc) is 2.75. The van der Waals surface area contributed by atoms with Gasteiger partial charge in [-0.1, -0.05) is 23.7 Å². The van der Waals surface area contributed by atoms with Crippen LogP contribution in [0.1, 0.15) is 37.9 Å². The van der Waals surface area contributed by atoms with Crippen LogP contribution in [-0.4, -0.2) is 5.54 Å². The maximum Gasteiger partial charge on any atom is 0.146 e. The van der Waals surface area contributed by atoms with Crippen molar-refractivity contribution < 1.29 is 9.15 Å². The van der Waals surface area contributed by atoms with E-state index in [2.05, 4.69) is 26.1 Å². The van der Waals surface area contributed by atoms with Gasteiger partial charge in [0.15, 0.2) is 0 Å². The van der Waals surface area contributed by atoms with Crippen LogP contribution in [0.2, 0.25) is 5.02 Å². The number of rotatable bonds is 5. The van der Waals surface area contributed by atoms with Crippen LogP contribution in [0.3, 0.4) is 0 Å². The van der Waals surface area contributed by atoms with Crippen LogP contribution >= 0.6 is 11.6 Å². The molecule has 3 nitrogen and oxygen atoms in total. The van der Waals surface area contributed by atoms with Crippen molar-refractivity contribution in [3.8, 4) is 5.75 Å². The lowest BCUT2D eigenvalue weighted by molar-refractivity contribution is 0.263. The summed E-state index contributed by atoms with van der Waals surface area (Å²) in [5, 5.41) is 4.03. The zero-order chi connectivity index (χ0) is 15.5. The summed E-state index contributed by atoms with van der Waals surface area (Å²) >= 11 is 6.06. The van der Waals surface area contributed by atoms with Gasteiger partial charge in [-0.25, -0.2) is 0 Å². The number of halogens is 1. The lowest BCUT2D eigenvalue weighted by Gasteiger charge is -2.19. The van der Waals surface area contributed by atoms with Crippen molar-refractivity contribution >= 4 is 11.6 Å². The maximum absolute atomic E-state index is 6.06. The first-order chi connectivity index (χ1) is 9.85. The van der Waals surface area contributed by atoms with Crippen LogP contribution in [-0.2, 0) is 13.2 Å². The zero-order valence-corrected chi connectivity index (χ0v) is 13.8. The van der Waals surface area contributed by atoms with Crippen LogP contribution in [0.15, 0.2) is 34.7 Å². The van der Waals surface area contributed by atoms with Crippen molar-refractivity contribution in [1.29, 1.82) is 0 Å².